The predicted octanol–water partition coefficient (Wildman–Crippen LogP) is 2.52. The minimum absolute atomic E-state index is 0.204. The van der Waals surface area contributed by atoms with Gasteiger partial charge in [-0.05, 0) is 12.1 Å². The van der Waals surface area contributed by atoms with Gasteiger partial charge in [0.05, 0.1) is 13.7 Å². The number of hydrogen-bond donors (Lipinski definition) is 1. The molecule has 0 fully saturated rings. The van der Waals surface area contributed by atoms with Crippen LogP contribution in [0.15, 0.2) is 18.2 Å². The first-order valence-electron chi connectivity index (χ1n) is 4.67. The van der Waals surface area contributed by atoms with Gasteiger partial charge < -0.3 is 9.57 Å². The summed E-state index contributed by atoms with van der Waals surface area (Å²) >= 11 is 5.89. The maximum absolute atomic E-state index is 5.89. The van der Waals surface area contributed by atoms with E-state index in [4.69, 9.17) is 27.1 Å². The molecule has 0 spiro atoms. The van der Waals surface area contributed by atoms with Crippen LogP contribution >= 0.6 is 11.6 Å². The van der Waals surface area contributed by atoms with Crippen molar-refractivity contribution in [2.45, 2.75) is 19.3 Å². The monoisotopic (exact) mass is 229 g/mol. The third-order valence-corrected chi connectivity index (χ3v) is 2.57. The van der Waals surface area contributed by atoms with Crippen molar-refractivity contribution in [3.05, 3.63) is 28.8 Å². The predicted molar refractivity (Wildman–Crippen MR) is 61.2 cm³/mol. The maximum Gasteiger partial charge on any atom is 0.124 e. The van der Waals surface area contributed by atoms with Crippen molar-refractivity contribution < 1.29 is 9.57 Å². The second kappa shape index (κ2) is 4.84. The molecular formula is C11H16ClNO2. The van der Waals surface area contributed by atoms with Crippen LogP contribution in [0.25, 0.3) is 0 Å². The molecule has 15 heavy (non-hydrogen) atoms. The highest BCUT2D eigenvalue weighted by Crippen LogP contribution is 2.33. The van der Waals surface area contributed by atoms with Gasteiger partial charge in [-0.15, -0.1) is 0 Å². The molecule has 0 heterocycles. The van der Waals surface area contributed by atoms with E-state index in [2.05, 4.69) is 0 Å². The molecule has 0 radical (unpaired) electrons. The van der Waals surface area contributed by atoms with E-state index in [-0.39, 0.29) is 5.41 Å². The van der Waals surface area contributed by atoms with Crippen LogP contribution in [0.4, 0.5) is 0 Å². The average Bonchev–Trinajstić information content (AvgIpc) is 2.17. The van der Waals surface area contributed by atoms with E-state index in [1.165, 1.54) is 0 Å². The van der Waals surface area contributed by atoms with Gasteiger partial charge in [0.15, 0.2) is 0 Å². The third-order valence-electron chi connectivity index (χ3n) is 2.34. The van der Waals surface area contributed by atoms with Gasteiger partial charge in [-0.1, -0.05) is 31.5 Å². The number of nitrogens with two attached hydrogens (primary N) is 1. The van der Waals surface area contributed by atoms with Gasteiger partial charge in [0.25, 0.3) is 0 Å². The lowest BCUT2D eigenvalue weighted by molar-refractivity contribution is 0.0954. The lowest BCUT2D eigenvalue weighted by atomic mass is 9.85. The van der Waals surface area contributed by atoms with Crippen molar-refractivity contribution in [3.8, 4) is 5.75 Å². The normalized spacial score (nSPS) is 11.5. The highest BCUT2D eigenvalue weighted by Gasteiger charge is 2.24. The molecule has 1 aromatic carbocycles. The zero-order valence-electron chi connectivity index (χ0n) is 9.21. The molecule has 0 unspecified atom stereocenters. The van der Waals surface area contributed by atoms with Crippen molar-refractivity contribution in [3.63, 3.8) is 0 Å². The first-order valence-corrected chi connectivity index (χ1v) is 5.05. The summed E-state index contributed by atoms with van der Waals surface area (Å²) in [6.45, 7) is 4.49. The fourth-order valence-corrected chi connectivity index (χ4v) is 1.67. The molecular weight excluding hydrogens is 214 g/mol. The summed E-state index contributed by atoms with van der Waals surface area (Å²) in [5.41, 5.74) is 0.824. The zero-order valence-corrected chi connectivity index (χ0v) is 9.97. The number of hydrogen-bond acceptors (Lipinski definition) is 3. The Bertz CT molecular complexity index is 339. The molecule has 84 valence electrons. The lowest BCUT2D eigenvalue weighted by Gasteiger charge is -2.25. The van der Waals surface area contributed by atoms with Gasteiger partial charge in [-0.3, -0.25) is 0 Å². The Balaban J connectivity index is 3.12. The van der Waals surface area contributed by atoms with Gasteiger partial charge in [-0.25, -0.2) is 5.90 Å². The van der Waals surface area contributed by atoms with E-state index < -0.39 is 0 Å². The SMILES string of the molecule is COc1cc(Cl)ccc1C(C)(C)CON. The molecule has 4 heteroatoms. The van der Waals surface area contributed by atoms with E-state index >= 15 is 0 Å². The fourth-order valence-electron chi connectivity index (χ4n) is 1.51. The lowest BCUT2D eigenvalue weighted by Crippen LogP contribution is -2.26. The van der Waals surface area contributed by atoms with Crippen molar-refractivity contribution in [2.75, 3.05) is 13.7 Å². The summed E-state index contributed by atoms with van der Waals surface area (Å²) in [6.07, 6.45) is 0. The van der Waals surface area contributed by atoms with E-state index in [0.29, 0.717) is 11.6 Å². The summed E-state index contributed by atoms with van der Waals surface area (Å²) in [6, 6.07) is 5.55. The van der Waals surface area contributed by atoms with Crippen LogP contribution in [-0.2, 0) is 10.3 Å². The Morgan fingerprint density at radius 2 is 2.07 bits per heavy atom. The van der Waals surface area contributed by atoms with Gasteiger partial charge >= 0.3 is 0 Å². The Labute approximate surface area is 95.1 Å². The molecule has 0 atom stereocenters. The molecule has 1 rings (SSSR count). The quantitative estimate of drug-likeness (QED) is 0.807. The number of ether oxygens (including phenoxy) is 1. The summed E-state index contributed by atoms with van der Waals surface area (Å²) in [7, 11) is 1.62. The second-order valence-corrected chi connectivity index (χ2v) is 4.48. The van der Waals surface area contributed by atoms with Crippen LogP contribution in [0.3, 0.4) is 0 Å². The van der Waals surface area contributed by atoms with E-state index in [1.54, 1.807) is 13.2 Å². The van der Waals surface area contributed by atoms with Crippen LogP contribution < -0.4 is 10.6 Å². The Morgan fingerprint density at radius 1 is 1.40 bits per heavy atom. The first-order chi connectivity index (χ1) is 7.01. The Morgan fingerprint density at radius 3 is 2.60 bits per heavy atom. The molecule has 0 bridgehead atoms. The Hall–Kier alpha value is -0.770. The highest BCUT2D eigenvalue weighted by atomic mass is 35.5. The van der Waals surface area contributed by atoms with E-state index in [9.17, 15) is 0 Å². The molecule has 1 aromatic rings. The minimum Gasteiger partial charge on any atom is -0.496 e. The standard InChI is InChI=1S/C11H16ClNO2/c1-11(2,7-15-13)9-5-4-8(12)6-10(9)14-3/h4-6H,7,13H2,1-3H3. The minimum atomic E-state index is -0.204. The van der Waals surface area contributed by atoms with Crippen molar-refractivity contribution in [1.29, 1.82) is 0 Å². The second-order valence-electron chi connectivity index (χ2n) is 4.04. The first kappa shape index (κ1) is 12.3. The summed E-state index contributed by atoms with van der Waals surface area (Å²) < 4.78 is 5.28. The number of methoxy groups -OCH3 is 1. The summed E-state index contributed by atoms with van der Waals surface area (Å²) in [5.74, 6) is 5.86. The molecule has 2 N–H and O–H groups in total. The van der Waals surface area contributed by atoms with Crippen LogP contribution in [0.2, 0.25) is 5.02 Å². The van der Waals surface area contributed by atoms with Gasteiger partial charge in [-0.2, -0.15) is 0 Å². The molecule has 0 aliphatic rings. The van der Waals surface area contributed by atoms with Crippen molar-refractivity contribution >= 4 is 11.6 Å². The van der Waals surface area contributed by atoms with E-state index in [0.717, 1.165) is 11.3 Å². The molecule has 0 saturated carbocycles. The van der Waals surface area contributed by atoms with Gasteiger partial charge in [0.2, 0.25) is 0 Å². The molecule has 0 saturated heterocycles. The average molecular weight is 230 g/mol. The van der Waals surface area contributed by atoms with Crippen LogP contribution in [0.5, 0.6) is 5.75 Å². The summed E-state index contributed by atoms with van der Waals surface area (Å²) in [5, 5.41) is 0.653. The number of rotatable bonds is 4. The molecule has 0 amide bonds. The fraction of sp³-hybridized carbons (Fsp3) is 0.455. The van der Waals surface area contributed by atoms with Crippen molar-refractivity contribution in [2.24, 2.45) is 5.90 Å². The van der Waals surface area contributed by atoms with E-state index in [1.807, 2.05) is 26.0 Å². The van der Waals surface area contributed by atoms with Crippen molar-refractivity contribution in [1.82, 2.24) is 0 Å². The number of benzene rings is 1. The molecule has 0 aliphatic heterocycles. The van der Waals surface area contributed by atoms with Crippen LogP contribution in [0.1, 0.15) is 19.4 Å². The van der Waals surface area contributed by atoms with Gasteiger partial charge in [0, 0.05) is 16.0 Å². The largest absolute Gasteiger partial charge is 0.496 e. The maximum atomic E-state index is 5.89. The van der Waals surface area contributed by atoms with Gasteiger partial charge in [0.1, 0.15) is 5.75 Å². The number of halogens is 1. The van der Waals surface area contributed by atoms with Crippen LogP contribution in [-0.4, -0.2) is 13.7 Å². The zero-order chi connectivity index (χ0) is 11.5. The summed E-state index contributed by atoms with van der Waals surface area (Å²) in [4.78, 5) is 4.70. The van der Waals surface area contributed by atoms with Crippen LogP contribution in [0, 0.1) is 0 Å². The Kier molecular flexibility index (Phi) is 3.97. The highest BCUT2D eigenvalue weighted by molar-refractivity contribution is 6.30. The molecule has 0 aromatic heterocycles. The molecule has 3 nitrogen and oxygen atoms in total. The topological polar surface area (TPSA) is 44.5 Å². The smallest absolute Gasteiger partial charge is 0.124 e. The molecule has 0 aliphatic carbocycles. The third kappa shape index (κ3) is 2.84.